The highest BCUT2D eigenvalue weighted by Gasteiger charge is 2.43. The summed E-state index contributed by atoms with van der Waals surface area (Å²) in [5.41, 5.74) is -1.90. The van der Waals surface area contributed by atoms with Crippen molar-refractivity contribution in [2.45, 2.75) is 13.1 Å². The average Bonchev–Trinajstić information content (AvgIpc) is 2.04. The molecule has 1 atom stereocenters. The number of carbonyl (C=O) groups excluding carboxylic acids is 1. The quantitative estimate of drug-likeness (QED) is 0.560. The molecule has 0 radical (unpaired) electrons. The maximum absolute atomic E-state index is 11.9. The van der Waals surface area contributed by atoms with Gasteiger partial charge in [0.25, 0.3) is 0 Å². The minimum absolute atomic E-state index is 0.137. The van der Waals surface area contributed by atoms with Crippen molar-refractivity contribution >= 4 is 11.7 Å². The maximum atomic E-state index is 11.9. The molecule has 0 fully saturated rings. The van der Waals surface area contributed by atoms with E-state index >= 15 is 0 Å². The smallest absolute Gasteiger partial charge is 0.430 e. The minimum atomic E-state index is -4.98. The Bertz CT molecular complexity index is 280. The molecule has 14 heavy (non-hydrogen) atoms. The first-order valence-electron chi connectivity index (χ1n) is 3.56. The van der Waals surface area contributed by atoms with E-state index in [9.17, 15) is 18.0 Å². The normalized spacial score (nSPS) is 12.8. The molecule has 0 aromatic carbocycles. The van der Waals surface area contributed by atoms with Gasteiger partial charge in [-0.2, -0.15) is 18.4 Å². The van der Waals surface area contributed by atoms with Crippen LogP contribution in [0, 0.1) is 22.7 Å². The summed E-state index contributed by atoms with van der Waals surface area (Å²) in [6, 6.07) is 1.07. The maximum Gasteiger partial charge on any atom is 0.430 e. The Morgan fingerprint density at radius 3 is 2.43 bits per heavy atom. The molecule has 4 nitrogen and oxygen atoms in total. The molecule has 0 saturated carbocycles. The molecule has 78 valence electrons. The molecule has 0 unspecified atom stereocenters. The van der Waals surface area contributed by atoms with Crippen LogP contribution in [0.3, 0.4) is 0 Å². The minimum Gasteiger partial charge on any atom is -0.465 e. The molecule has 0 heterocycles. The molecule has 0 aromatic heterocycles. The van der Waals surface area contributed by atoms with E-state index in [1.54, 1.807) is 0 Å². The average molecular weight is 208 g/mol. The van der Waals surface area contributed by atoms with Crippen LogP contribution in [0.1, 0.15) is 6.92 Å². The van der Waals surface area contributed by atoms with Crippen LogP contribution in [0.15, 0.2) is 0 Å². The summed E-state index contributed by atoms with van der Waals surface area (Å²) in [4.78, 5) is 10.8. The predicted molar refractivity (Wildman–Crippen MR) is 39.5 cm³/mol. The van der Waals surface area contributed by atoms with Crippen LogP contribution < -0.4 is 0 Å². The Balaban J connectivity index is 4.68. The van der Waals surface area contributed by atoms with E-state index in [0.717, 1.165) is 6.07 Å². The second-order valence-corrected chi connectivity index (χ2v) is 2.23. The van der Waals surface area contributed by atoms with Gasteiger partial charge in [-0.3, -0.25) is 10.2 Å². The van der Waals surface area contributed by atoms with Gasteiger partial charge in [0.1, 0.15) is 5.71 Å². The van der Waals surface area contributed by atoms with E-state index in [0.29, 0.717) is 0 Å². The fourth-order valence-electron chi connectivity index (χ4n) is 0.624. The number of alkyl halides is 3. The van der Waals surface area contributed by atoms with Gasteiger partial charge < -0.3 is 4.74 Å². The number of rotatable bonds is 3. The summed E-state index contributed by atoms with van der Waals surface area (Å²) in [6.07, 6.45) is -4.98. The lowest BCUT2D eigenvalue weighted by molar-refractivity contribution is -0.145. The number of nitrogens with zero attached hydrogens (tertiary/aromatic N) is 1. The van der Waals surface area contributed by atoms with Crippen LogP contribution >= 0.6 is 0 Å². The second kappa shape index (κ2) is 4.60. The molecule has 0 amide bonds. The third kappa shape index (κ3) is 3.05. The lowest BCUT2D eigenvalue weighted by Gasteiger charge is -2.11. The molecule has 0 saturated heterocycles. The van der Waals surface area contributed by atoms with Gasteiger partial charge in [0.15, 0.2) is 5.92 Å². The van der Waals surface area contributed by atoms with Gasteiger partial charge in [0.2, 0.25) is 0 Å². The number of nitriles is 1. The number of halogens is 3. The molecule has 0 aliphatic rings. The van der Waals surface area contributed by atoms with Crippen LogP contribution in [-0.2, 0) is 9.53 Å². The van der Waals surface area contributed by atoms with Crippen LogP contribution in [0.25, 0.3) is 0 Å². The zero-order chi connectivity index (χ0) is 11.4. The van der Waals surface area contributed by atoms with Crippen molar-refractivity contribution in [2.24, 2.45) is 5.92 Å². The zero-order valence-corrected chi connectivity index (χ0v) is 7.18. The molecule has 0 bridgehead atoms. The highest BCUT2D eigenvalue weighted by Crippen LogP contribution is 2.21. The van der Waals surface area contributed by atoms with E-state index in [1.807, 2.05) is 0 Å². The van der Waals surface area contributed by atoms with Gasteiger partial charge in [-0.1, -0.05) is 0 Å². The lowest BCUT2D eigenvalue weighted by Crippen LogP contribution is -2.34. The van der Waals surface area contributed by atoms with Crippen molar-refractivity contribution in [3.63, 3.8) is 0 Å². The van der Waals surface area contributed by atoms with Crippen molar-refractivity contribution in [1.29, 1.82) is 10.7 Å². The highest BCUT2D eigenvalue weighted by molar-refractivity contribution is 6.05. The summed E-state index contributed by atoms with van der Waals surface area (Å²) in [5, 5.41) is 14.8. The zero-order valence-electron chi connectivity index (χ0n) is 7.18. The summed E-state index contributed by atoms with van der Waals surface area (Å²) in [6.45, 7) is 1.26. The summed E-state index contributed by atoms with van der Waals surface area (Å²) in [7, 11) is 0. The molecule has 0 spiro atoms. The Hall–Kier alpha value is -1.58. The predicted octanol–water partition coefficient (Wildman–Crippen LogP) is 1.27. The SMILES string of the molecule is CCOC(=O)[C@@H](C#N)C(=N)C(F)(F)F. The Kier molecular flexibility index (Phi) is 4.08. The van der Waals surface area contributed by atoms with E-state index in [1.165, 1.54) is 6.92 Å². The third-order valence-corrected chi connectivity index (χ3v) is 1.25. The first-order chi connectivity index (χ1) is 6.34. The third-order valence-electron chi connectivity index (χ3n) is 1.25. The topological polar surface area (TPSA) is 73.9 Å². The van der Waals surface area contributed by atoms with Gasteiger partial charge in [-0.05, 0) is 6.92 Å². The summed E-state index contributed by atoms with van der Waals surface area (Å²) >= 11 is 0. The molecule has 0 aromatic rings. The van der Waals surface area contributed by atoms with Crippen molar-refractivity contribution in [3.05, 3.63) is 0 Å². The lowest BCUT2D eigenvalue weighted by atomic mass is 10.1. The standard InChI is InChI=1S/C7H7F3N2O2/c1-2-14-6(13)4(3-11)5(12)7(8,9)10/h4,12H,2H2,1H3/t4-/m0/s1. The van der Waals surface area contributed by atoms with E-state index in [4.69, 9.17) is 10.7 Å². The Labute approximate surface area is 77.8 Å². The number of esters is 1. The Morgan fingerprint density at radius 1 is 1.64 bits per heavy atom. The first-order valence-corrected chi connectivity index (χ1v) is 3.56. The molecule has 1 N–H and O–H groups in total. The highest BCUT2D eigenvalue weighted by atomic mass is 19.4. The van der Waals surface area contributed by atoms with Gasteiger partial charge in [0.05, 0.1) is 12.7 Å². The fraction of sp³-hybridized carbons (Fsp3) is 0.571. The van der Waals surface area contributed by atoms with Crippen LogP contribution in [-0.4, -0.2) is 24.5 Å². The molecular formula is C7H7F3N2O2. The van der Waals surface area contributed by atoms with Crippen LogP contribution in [0.4, 0.5) is 13.2 Å². The fourth-order valence-corrected chi connectivity index (χ4v) is 0.624. The molecular weight excluding hydrogens is 201 g/mol. The number of ether oxygens (including phenoxy) is 1. The van der Waals surface area contributed by atoms with Crippen LogP contribution in [0.5, 0.6) is 0 Å². The molecule has 0 rings (SSSR count). The number of nitrogens with one attached hydrogen (secondary N) is 1. The number of hydrogen-bond donors (Lipinski definition) is 1. The van der Waals surface area contributed by atoms with Crippen molar-refractivity contribution in [3.8, 4) is 6.07 Å². The second-order valence-electron chi connectivity index (χ2n) is 2.23. The van der Waals surface area contributed by atoms with Crippen LogP contribution in [0.2, 0.25) is 0 Å². The monoisotopic (exact) mass is 208 g/mol. The molecule has 0 aliphatic carbocycles. The Morgan fingerprint density at radius 2 is 2.14 bits per heavy atom. The van der Waals surface area contributed by atoms with Crippen molar-refractivity contribution in [1.82, 2.24) is 0 Å². The van der Waals surface area contributed by atoms with Crippen molar-refractivity contribution in [2.75, 3.05) is 6.61 Å². The number of carbonyl (C=O) groups is 1. The van der Waals surface area contributed by atoms with Gasteiger partial charge in [0, 0.05) is 0 Å². The van der Waals surface area contributed by atoms with Gasteiger partial charge in [-0.25, -0.2) is 0 Å². The van der Waals surface area contributed by atoms with Gasteiger partial charge in [-0.15, -0.1) is 0 Å². The number of hydrogen-bond acceptors (Lipinski definition) is 4. The molecule has 0 aliphatic heterocycles. The summed E-state index contributed by atoms with van der Waals surface area (Å²) < 4.78 is 39.9. The largest absolute Gasteiger partial charge is 0.465 e. The molecule has 7 heteroatoms. The summed E-state index contributed by atoms with van der Waals surface area (Å²) in [5.74, 6) is -3.55. The van der Waals surface area contributed by atoms with E-state index in [2.05, 4.69) is 4.74 Å². The first kappa shape index (κ1) is 12.4. The van der Waals surface area contributed by atoms with Crippen molar-refractivity contribution < 1.29 is 22.7 Å². The van der Waals surface area contributed by atoms with Gasteiger partial charge >= 0.3 is 12.1 Å². The van der Waals surface area contributed by atoms with E-state index in [-0.39, 0.29) is 6.61 Å². The van der Waals surface area contributed by atoms with E-state index < -0.39 is 23.8 Å².